The normalized spacial score (nSPS) is 11.9. The predicted octanol–water partition coefficient (Wildman–Crippen LogP) is 9.08. The Balaban J connectivity index is 0.000000366. The van der Waals surface area contributed by atoms with Crippen molar-refractivity contribution in [2.45, 2.75) is 59.8 Å². The van der Waals surface area contributed by atoms with Gasteiger partial charge in [-0.25, -0.2) is 9.59 Å². The monoisotopic (exact) mass is 639 g/mol. The van der Waals surface area contributed by atoms with E-state index in [0.717, 1.165) is 54.5 Å². The molecule has 0 saturated carbocycles. The van der Waals surface area contributed by atoms with E-state index in [-0.39, 0.29) is 11.5 Å². The molecule has 7 heteroatoms. The van der Waals surface area contributed by atoms with Crippen LogP contribution in [0.2, 0.25) is 0 Å². The van der Waals surface area contributed by atoms with Crippen LogP contribution in [0.15, 0.2) is 90.5 Å². The molecule has 3 aromatic carbocycles. The summed E-state index contributed by atoms with van der Waals surface area (Å²) in [6, 6.07) is 26.3. The molecule has 1 atom stereocenters. The van der Waals surface area contributed by atoms with Crippen LogP contribution in [0.5, 0.6) is 11.5 Å². The number of ether oxygens (including phenoxy) is 4. The number of carbonyl (C=O) groups excluding carboxylic acids is 2. The second-order valence-corrected chi connectivity index (χ2v) is 11.4. The first-order valence-electron chi connectivity index (χ1n) is 16.3. The van der Waals surface area contributed by atoms with E-state index in [4.69, 9.17) is 18.9 Å². The van der Waals surface area contributed by atoms with Crippen LogP contribution in [0.3, 0.4) is 0 Å². The van der Waals surface area contributed by atoms with Crippen LogP contribution in [0, 0.1) is 23.2 Å². The van der Waals surface area contributed by atoms with Gasteiger partial charge in [-0.1, -0.05) is 102 Å². The van der Waals surface area contributed by atoms with Gasteiger partial charge in [-0.05, 0) is 71.7 Å². The summed E-state index contributed by atoms with van der Waals surface area (Å²) in [5.74, 6) is 1.50. The van der Waals surface area contributed by atoms with Crippen LogP contribution in [0.4, 0.5) is 0 Å². The molecule has 0 saturated heterocycles. The van der Waals surface area contributed by atoms with E-state index in [1.807, 2.05) is 78.9 Å². The van der Waals surface area contributed by atoms with E-state index in [1.54, 1.807) is 20.3 Å². The Morgan fingerprint density at radius 3 is 1.94 bits per heavy atom. The fraction of sp³-hybridized carbons (Fsp3) is 0.375. The molecular formula is C40H49NO6. The van der Waals surface area contributed by atoms with Crippen molar-refractivity contribution in [2.24, 2.45) is 11.8 Å². The molecule has 0 heterocycles. The quantitative estimate of drug-likeness (QED) is 0.0876. The highest BCUT2D eigenvalue weighted by molar-refractivity contribution is 6.05. The van der Waals surface area contributed by atoms with Crippen molar-refractivity contribution in [3.63, 3.8) is 0 Å². The van der Waals surface area contributed by atoms with Crippen molar-refractivity contribution in [2.75, 3.05) is 27.4 Å². The smallest absolute Gasteiger partial charge is 0.349 e. The molecule has 0 spiro atoms. The summed E-state index contributed by atoms with van der Waals surface area (Å²) in [4.78, 5) is 24.2. The molecule has 0 fully saturated rings. The molecular weight excluding hydrogens is 590 g/mol. The summed E-state index contributed by atoms with van der Waals surface area (Å²) >= 11 is 0. The Morgan fingerprint density at radius 2 is 1.40 bits per heavy atom. The van der Waals surface area contributed by atoms with Gasteiger partial charge >= 0.3 is 11.9 Å². The highest BCUT2D eigenvalue weighted by Crippen LogP contribution is 2.29. The van der Waals surface area contributed by atoms with Gasteiger partial charge in [-0.2, -0.15) is 5.26 Å². The van der Waals surface area contributed by atoms with Crippen molar-refractivity contribution >= 4 is 23.6 Å². The first-order chi connectivity index (χ1) is 22.8. The van der Waals surface area contributed by atoms with Gasteiger partial charge in [-0.3, -0.25) is 0 Å². The van der Waals surface area contributed by atoms with E-state index in [9.17, 15) is 14.9 Å². The van der Waals surface area contributed by atoms with Crippen molar-refractivity contribution in [3.8, 4) is 17.6 Å². The Labute approximate surface area is 280 Å². The number of nitriles is 1. The predicted molar refractivity (Wildman–Crippen MR) is 188 cm³/mol. The van der Waals surface area contributed by atoms with Crippen molar-refractivity contribution in [1.29, 1.82) is 5.26 Å². The summed E-state index contributed by atoms with van der Waals surface area (Å²) in [7, 11) is 3.22. The first kappa shape index (κ1) is 38.4. The summed E-state index contributed by atoms with van der Waals surface area (Å²) in [6.07, 6.45) is 8.27. The molecule has 7 nitrogen and oxygen atoms in total. The van der Waals surface area contributed by atoms with Crippen LogP contribution in [-0.4, -0.2) is 39.4 Å². The van der Waals surface area contributed by atoms with E-state index in [0.29, 0.717) is 36.4 Å². The standard InChI is InChI=1S/C25H29NO3.C15H20O3/c1-4-6-10-19(5-2)18-29-25(27)23(17-26)24(20-11-8-7-9-12-20)21-13-15-22(28-3)16-14-21;1-12(2)10-11-18-15(16)9-6-13-4-7-14(17-3)8-5-13/h7-9,11-16,19H,4-6,10,18H2,1-3H3;4-9,12H,10-11H2,1-3H3. The van der Waals surface area contributed by atoms with Crippen LogP contribution < -0.4 is 9.47 Å². The first-order valence-corrected chi connectivity index (χ1v) is 16.3. The molecule has 0 aliphatic rings. The van der Waals surface area contributed by atoms with Crippen LogP contribution in [0.25, 0.3) is 11.6 Å². The summed E-state index contributed by atoms with van der Waals surface area (Å²) in [5, 5.41) is 9.82. The van der Waals surface area contributed by atoms with E-state index >= 15 is 0 Å². The minimum absolute atomic E-state index is 0.0201. The number of nitrogens with zero attached hydrogens (tertiary/aromatic N) is 1. The van der Waals surface area contributed by atoms with Crippen molar-refractivity contribution < 1.29 is 28.5 Å². The molecule has 0 N–H and O–H groups in total. The molecule has 3 rings (SSSR count). The summed E-state index contributed by atoms with van der Waals surface area (Å²) in [5.41, 5.74) is 3.10. The zero-order valence-corrected chi connectivity index (χ0v) is 28.7. The minimum Gasteiger partial charge on any atom is -0.497 e. The fourth-order valence-electron chi connectivity index (χ4n) is 4.51. The van der Waals surface area contributed by atoms with Gasteiger partial charge in [-0.15, -0.1) is 0 Å². The number of benzene rings is 3. The molecule has 0 bridgehead atoms. The molecule has 1 unspecified atom stereocenters. The van der Waals surface area contributed by atoms with E-state index in [1.165, 1.54) is 6.08 Å². The number of methoxy groups -OCH3 is 2. The van der Waals surface area contributed by atoms with Crippen LogP contribution >= 0.6 is 0 Å². The lowest BCUT2D eigenvalue weighted by Gasteiger charge is -2.16. The third-order valence-electron chi connectivity index (χ3n) is 7.47. The topological polar surface area (TPSA) is 94.9 Å². The summed E-state index contributed by atoms with van der Waals surface area (Å²) < 4.78 is 20.9. The van der Waals surface area contributed by atoms with Gasteiger partial charge in [0.1, 0.15) is 23.1 Å². The Morgan fingerprint density at radius 1 is 0.809 bits per heavy atom. The van der Waals surface area contributed by atoms with Crippen molar-refractivity contribution in [3.05, 3.63) is 107 Å². The maximum Gasteiger partial charge on any atom is 0.349 e. The Kier molecular flexibility index (Phi) is 17.8. The lowest BCUT2D eigenvalue weighted by atomic mass is 9.93. The molecule has 47 heavy (non-hydrogen) atoms. The maximum atomic E-state index is 12.9. The third kappa shape index (κ3) is 14.0. The Bertz CT molecular complexity index is 1450. The molecule has 0 aliphatic carbocycles. The van der Waals surface area contributed by atoms with Crippen molar-refractivity contribution in [1.82, 2.24) is 0 Å². The summed E-state index contributed by atoms with van der Waals surface area (Å²) in [6.45, 7) is 9.26. The van der Waals surface area contributed by atoms with Crippen LogP contribution in [-0.2, 0) is 19.1 Å². The minimum atomic E-state index is -0.572. The highest BCUT2D eigenvalue weighted by Gasteiger charge is 2.21. The van der Waals surface area contributed by atoms with Gasteiger partial charge in [0.05, 0.1) is 27.4 Å². The average molecular weight is 640 g/mol. The molecule has 0 aliphatic heterocycles. The Hall–Kier alpha value is -4.83. The zero-order chi connectivity index (χ0) is 34.4. The molecule has 250 valence electrons. The molecule has 0 aromatic heterocycles. The third-order valence-corrected chi connectivity index (χ3v) is 7.47. The lowest BCUT2D eigenvalue weighted by molar-refractivity contribution is -0.140. The number of unbranched alkanes of at least 4 members (excludes halogenated alkanes) is 1. The van der Waals surface area contributed by atoms with E-state index in [2.05, 4.69) is 33.8 Å². The fourth-order valence-corrected chi connectivity index (χ4v) is 4.51. The SMILES string of the molecule is CCCCC(CC)COC(=O)C(C#N)=C(c1ccccc1)c1ccc(OC)cc1.COc1ccc(C=CC(=O)OCCC(C)C)cc1. The van der Waals surface area contributed by atoms with E-state index < -0.39 is 5.97 Å². The van der Waals surface area contributed by atoms with Gasteiger partial charge in [0.15, 0.2) is 0 Å². The number of hydrogen-bond acceptors (Lipinski definition) is 7. The number of carbonyl (C=O) groups is 2. The molecule has 3 aromatic rings. The molecule has 0 radical (unpaired) electrons. The van der Waals surface area contributed by atoms with Gasteiger partial charge in [0.25, 0.3) is 0 Å². The second-order valence-electron chi connectivity index (χ2n) is 11.4. The maximum absolute atomic E-state index is 12.9. The van der Waals surface area contributed by atoms with Gasteiger partial charge < -0.3 is 18.9 Å². The number of hydrogen-bond donors (Lipinski definition) is 0. The van der Waals surface area contributed by atoms with Crippen LogP contribution in [0.1, 0.15) is 76.5 Å². The van der Waals surface area contributed by atoms with Gasteiger partial charge in [0.2, 0.25) is 0 Å². The zero-order valence-electron chi connectivity index (χ0n) is 28.7. The second kappa shape index (κ2) is 21.8. The lowest BCUT2D eigenvalue weighted by Crippen LogP contribution is -2.16. The number of rotatable bonds is 16. The largest absolute Gasteiger partial charge is 0.497 e. The molecule has 0 amide bonds. The number of esters is 2. The highest BCUT2D eigenvalue weighted by atomic mass is 16.5. The average Bonchev–Trinajstić information content (AvgIpc) is 3.10. The van der Waals surface area contributed by atoms with Gasteiger partial charge in [0, 0.05) is 11.6 Å².